The average Bonchev–Trinajstić information content (AvgIpc) is 2.18. The van der Waals surface area contributed by atoms with Crippen LogP contribution in [0.15, 0.2) is 0 Å². The lowest BCUT2D eigenvalue weighted by Gasteiger charge is -2.20. The van der Waals surface area contributed by atoms with Crippen molar-refractivity contribution in [1.29, 1.82) is 0 Å². The Morgan fingerprint density at radius 1 is 0.786 bits per heavy atom. The average molecular weight is 201 g/mol. The van der Waals surface area contributed by atoms with Crippen LogP contribution in [0.2, 0.25) is 0 Å². The zero-order chi connectivity index (χ0) is 10.6. The van der Waals surface area contributed by atoms with Crippen molar-refractivity contribution in [2.45, 2.75) is 52.4 Å². The van der Waals surface area contributed by atoms with Crippen LogP contribution >= 0.6 is 0 Å². The minimum atomic E-state index is 0.355. The van der Waals surface area contributed by atoms with Crippen molar-refractivity contribution in [3.8, 4) is 0 Å². The molecule has 0 saturated heterocycles. The zero-order valence-corrected chi connectivity index (χ0v) is 9.97. The first kappa shape index (κ1) is 13.9. The van der Waals surface area contributed by atoms with Gasteiger partial charge >= 0.3 is 0 Å². The molecule has 0 amide bonds. The van der Waals surface area contributed by atoms with Gasteiger partial charge in [-0.1, -0.05) is 26.7 Å². The fourth-order valence-corrected chi connectivity index (χ4v) is 1.77. The van der Waals surface area contributed by atoms with Crippen LogP contribution in [0, 0.1) is 0 Å². The molecule has 0 aromatic heterocycles. The minimum Gasteiger partial charge on any atom is -0.396 e. The van der Waals surface area contributed by atoms with E-state index in [1.807, 2.05) is 0 Å². The van der Waals surface area contributed by atoms with Crippen LogP contribution < -0.4 is 0 Å². The van der Waals surface area contributed by atoms with E-state index in [4.69, 9.17) is 5.11 Å². The first-order valence-corrected chi connectivity index (χ1v) is 6.18. The molecule has 0 aliphatic heterocycles. The van der Waals surface area contributed by atoms with E-state index in [0.29, 0.717) is 6.61 Å². The molecule has 2 heteroatoms. The summed E-state index contributed by atoms with van der Waals surface area (Å²) in [6.45, 7) is 8.57. The molecule has 14 heavy (non-hydrogen) atoms. The Morgan fingerprint density at radius 2 is 1.36 bits per heavy atom. The lowest BCUT2D eigenvalue weighted by atomic mass is 10.2. The first-order valence-electron chi connectivity index (χ1n) is 6.18. The van der Waals surface area contributed by atoms with Gasteiger partial charge in [0.05, 0.1) is 0 Å². The van der Waals surface area contributed by atoms with Crippen LogP contribution in [0.3, 0.4) is 0 Å². The highest BCUT2D eigenvalue weighted by molar-refractivity contribution is 4.56. The Kier molecular flexibility index (Phi) is 10.9. The third-order valence-electron chi connectivity index (χ3n) is 2.46. The highest BCUT2D eigenvalue weighted by atomic mass is 16.2. The van der Waals surface area contributed by atoms with E-state index < -0.39 is 0 Å². The molecule has 0 spiro atoms. The SMILES string of the molecule is CCCN(CCC)CCCCCCO. The second-order valence-corrected chi connectivity index (χ2v) is 3.98. The van der Waals surface area contributed by atoms with E-state index in [2.05, 4.69) is 18.7 Å². The summed E-state index contributed by atoms with van der Waals surface area (Å²) in [7, 11) is 0. The molecule has 2 nitrogen and oxygen atoms in total. The van der Waals surface area contributed by atoms with Gasteiger partial charge in [0.1, 0.15) is 0 Å². The topological polar surface area (TPSA) is 23.5 Å². The van der Waals surface area contributed by atoms with Gasteiger partial charge in [0, 0.05) is 6.61 Å². The summed E-state index contributed by atoms with van der Waals surface area (Å²) >= 11 is 0. The van der Waals surface area contributed by atoms with Crippen LogP contribution in [0.5, 0.6) is 0 Å². The predicted octanol–water partition coefficient (Wildman–Crippen LogP) is 2.66. The number of hydrogen-bond donors (Lipinski definition) is 1. The highest BCUT2D eigenvalue weighted by Gasteiger charge is 2.01. The fourth-order valence-electron chi connectivity index (χ4n) is 1.77. The van der Waals surface area contributed by atoms with Crippen molar-refractivity contribution >= 4 is 0 Å². The first-order chi connectivity index (χ1) is 6.85. The molecule has 0 rings (SSSR count). The summed E-state index contributed by atoms with van der Waals surface area (Å²) in [5.74, 6) is 0. The minimum absolute atomic E-state index is 0.355. The van der Waals surface area contributed by atoms with E-state index in [-0.39, 0.29) is 0 Å². The van der Waals surface area contributed by atoms with E-state index >= 15 is 0 Å². The summed E-state index contributed by atoms with van der Waals surface area (Å²) < 4.78 is 0. The second kappa shape index (κ2) is 11.0. The number of hydrogen-bond acceptors (Lipinski definition) is 2. The van der Waals surface area contributed by atoms with Crippen molar-refractivity contribution in [3.05, 3.63) is 0 Å². The molecule has 0 saturated carbocycles. The Morgan fingerprint density at radius 3 is 1.86 bits per heavy atom. The Balaban J connectivity index is 3.30. The lowest BCUT2D eigenvalue weighted by molar-refractivity contribution is 0.260. The third kappa shape index (κ3) is 8.52. The van der Waals surface area contributed by atoms with Gasteiger partial charge in [-0.3, -0.25) is 0 Å². The summed E-state index contributed by atoms with van der Waals surface area (Å²) in [5.41, 5.74) is 0. The van der Waals surface area contributed by atoms with E-state index in [0.717, 1.165) is 6.42 Å². The smallest absolute Gasteiger partial charge is 0.0431 e. The van der Waals surface area contributed by atoms with Gasteiger partial charge in [-0.05, 0) is 45.3 Å². The maximum absolute atomic E-state index is 8.63. The van der Waals surface area contributed by atoms with Gasteiger partial charge < -0.3 is 10.0 Å². The van der Waals surface area contributed by atoms with Gasteiger partial charge in [-0.15, -0.1) is 0 Å². The molecule has 0 unspecified atom stereocenters. The number of aliphatic hydroxyl groups is 1. The molecule has 0 aliphatic rings. The van der Waals surface area contributed by atoms with E-state index in [1.54, 1.807) is 0 Å². The van der Waals surface area contributed by atoms with Crippen molar-refractivity contribution < 1.29 is 5.11 Å². The maximum atomic E-state index is 8.63. The predicted molar refractivity (Wildman–Crippen MR) is 62.6 cm³/mol. The van der Waals surface area contributed by atoms with Crippen LogP contribution in [0.4, 0.5) is 0 Å². The lowest BCUT2D eigenvalue weighted by Crippen LogP contribution is -2.26. The normalized spacial score (nSPS) is 11.1. The molecule has 0 radical (unpaired) electrons. The number of aliphatic hydroxyl groups excluding tert-OH is 1. The molecule has 0 atom stereocenters. The van der Waals surface area contributed by atoms with Crippen LogP contribution in [-0.2, 0) is 0 Å². The zero-order valence-electron chi connectivity index (χ0n) is 9.97. The monoisotopic (exact) mass is 201 g/mol. The quantitative estimate of drug-likeness (QED) is 0.549. The number of nitrogens with zero attached hydrogens (tertiary/aromatic N) is 1. The Hall–Kier alpha value is -0.0800. The fraction of sp³-hybridized carbons (Fsp3) is 1.00. The summed E-state index contributed by atoms with van der Waals surface area (Å²) in [4.78, 5) is 2.55. The molecule has 86 valence electrons. The van der Waals surface area contributed by atoms with Crippen molar-refractivity contribution in [3.63, 3.8) is 0 Å². The van der Waals surface area contributed by atoms with Gasteiger partial charge in [-0.2, -0.15) is 0 Å². The molecule has 0 bridgehead atoms. The van der Waals surface area contributed by atoms with Gasteiger partial charge in [0.25, 0.3) is 0 Å². The number of rotatable bonds is 10. The molecular weight excluding hydrogens is 174 g/mol. The molecule has 0 aromatic carbocycles. The molecule has 0 aromatic rings. The molecular formula is C12H27NO. The van der Waals surface area contributed by atoms with E-state index in [9.17, 15) is 0 Å². The van der Waals surface area contributed by atoms with Crippen LogP contribution in [0.25, 0.3) is 0 Å². The molecule has 1 N–H and O–H groups in total. The van der Waals surface area contributed by atoms with Crippen molar-refractivity contribution in [1.82, 2.24) is 4.90 Å². The number of unbranched alkanes of at least 4 members (excludes halogenated alkanes) is 3. The van der Waals surface area contributed by atoms with Gasteiger partial charge in [0.2, 0.25) is 0 Å². The molecule has 0 fully saturated rings. The van der Waals surface area contributed by atoms with E-state index in [1.165, 1.54) is 51.7 Å². The Labute approximate surface area is 89.3 Å². The van der Waals surface area contributed by atoms with Gasteiger partial charge in [0.15, 0.2) is 0 Å². The molecule has 0 heterocycles. The van der Waals surface area contributed by atoms with Gasteiger partial charge in [-0.25, -0.2) is 0 Å². The maximum Gasteiger partial charge on any atom is 0.0431 e. The summed E-state index contributed by atoms with van der Waals surface area (Å²) in [5, 5.41) is 8.63. The van der Waals surface area contributed by atoms with Crippen LogP contribution in [-0.4, -0.2) is 36.2 Å². The second-order valence-electron chi connectivity index (χ2n) is 3.98. The molecule has 0 aliphatic carbocycles. The third-order valence-corrected chi connectivity index (χ3v) is 2.46. The van der Waals surface area contributed by atoms with Crippen molar-refractivity contribution in [2.24, 2.45) is 0 Å². The Bertz CT molecular complexity index is 100. The highest BCUT2D eigenvalue weighted by Crippen LogP contribution is 2.02. The summed E-state index contributed by atoms with van der Waals surface area (Å²) in [6, 6.07) is 0. The van der Waals surface area contributed by atoms with Crippen LogP contribution in [0.1, 0.15) is 52.4 Å². The van der Waals surface area contributed by atoms with Crippen molar-refractivity contribution in [2.75, 3.05) is 26.2 Å². The largest absolute Gasteiger partial charge is 0.396 e. The standard InChI is InChI=1S/C12H27NO/c1-3-9-13(10-4-2)11-7-5-6-8-12-14/h14H,3-12H2,1-2H3. The summed E-state index contributed by atoms with van der Waals surface area (Å²) in [6.07, 6.45) is 7.24.